The summed E-state index contributed by atoms with van der Waals surface area (Å²) in [5.74, 6) is 0.762. The smallest absolute Gasteiger partial charge is 0.239 e. The Morgan fingerprint density at radius 2 is 2.06 bits per heavy atom. The Labute approximate surface area is 109 Å². The van der Waals surface area contributed by atoms with Crippen LogP contribution in [0.5, 0.6) is 5.75 Å². The standard InChI is InChI=1S/C14H22N2O2/c1-10-5-6-13(9-11(10)2)18-8-7-16(4)14(17)12(3)15/h5-6,9,12H,7-8,15H2,1-4H3. The maximum absolute atomic E-state index is 11.5. The van der Waals surface area contributed by atoms with Crippen molar-refractivity contribution in [1.29, 1.82) is 0 Å². The number of rotatable bonds is 5. The summed E-state index contributed by atoms with van der Waals surface area (Å²) in [5, 5.41) is 0. The first-order chi connectivity index (χ1) is 8.41. The van der Waals surface area contributed by atoms with E-state index in [1.807, 2.05) is 25.1 Å². The van der Waals surface area contributed by atoms with Gasteiger partial charge in [-0.25, -0.2) is 0 Å². The van der Waals surface area contributed by atoms with Crippen LogP contribution in [-0.2, 0) is 4.79 Å². The van der Waals surface area contributed by atoms with E-state index in [4.69, 9.17) is 10.5 Å². The molecule has 0 aromatic heterocycles. The van der Waals surface area contributed by atoms with Crippen molar-refractivity contribution in [3.05, 3.63) is 29.3 Å². The lowest BCUT2D eigenvalue weighted by Crippen LogP contribution is -2.41. The zero-order chi connectivity index (χ0) is 13.7. The molecule has 1 unspecified atom stereocenters. The Balaban J connectivity index is 2.42. The van der Waals surface area contributed by atoms with Crippen LogP contribution >= 0.6 is 0 Å². The van der Waals surface area contributed by atoms with E-state index in [9.17, 15) is 4.79 Å². The Morgan fingerprint density at radius 3 is 2.61 bits per heavy atom. The van der Waals surface area contributed by atoms with Gasteiger partial charge in [-0.05, 0) is 44.0 Å². The summed E-state index contributed by atoms with van der Waals surface area (Å²) in [7, 11) is 1.73. The molecule has 0 fully saturated rings. The van der Waals surface area contributed by atoms with Gasteiger partial charge in [-0.3, -0.25) is 4.79 Å². The van der Waals surface area contributed by atoms with Gasteiger partial charge in [0.15, 0.2) is 0 Å². The second kappa shape index (κ2) is 6.40. The predicted molar refractivity (Wildman–Crippen MR) is 72.7 cm³/mol. The van der Waals surface area contributed by atoms with E-state index in [1.54, 1.807) is 18.9 Å². The van der Waals surface area contributed by atoms with Crippen LogP contribution in [0.4, 0.5) is 0 Å². The summed E-state index contributed by atoms with van der Waals surface area (Å²) in [6.45, 7) is 6.80. The van der Waals surface area contributed by atoms with E-state index in [0.717, 1.165) is 5.75 Å². The summed E-state index contributed by atoms with van der Waals surface area (Å²) < 4.78 is 5.61. The van der Waals surface area contributed by atoms with Gasteiger partial charge < -0.3 is 15.4 Å². The third kappa shape index (κ3) is 4.04. The third-order valence-corrected chi connectivity index (χ3v) is 2.94. The van der Waals surface area contributed by atoms with Gasteiger partial charge in [0.2, 0.25) is 5.91 Å². The van der Waals surface area contributed by atoms with Crippen LogP contribution in [0.3, 0.4) is 0 Å². The Bertz CT molecular complexity index is 416. The van der Waals surface area contributed by atoms with Crippen molar-refractivity contribution in [1.82, 2.24) is 4.90 Å². The number of carbonyl (C=O) groups excluding carboxylic acids is 1. The summed E-state index contributed by atoms with van der Waals surface area (Å²) >= 11 is 0. The molecule has 100 valence electrons. The Hall–Kier alpha value is -1.55. The molecule has 1 amide bonds. The fourth-order valence-corrected chi connectivity index (χ4v) is 1.56. The molecule has 0 bridgehead atoms. The van der Waals surface area contributed by atoms with Crippen LogP contribution in [0.15, 0.2) is 18.2 Å². The zero-order valence-electron chi connectivity index (χ0n) is 11.6. The van der Waals surface area contributed by atoms with Crippen LogP contribution in [0.1, 0.15) is 18.1 Å². The molecule has 0 saturated heterocycles. The van der Waals surface area contributed by atoms with Gasteiger partial charge in [0.25, 0.3) is 0 Å². The second-order valence-electron chi connectivity index (χ2n) is 4.64. The Kier molecular flexibility index (Phi) is 5.16. The highest BCUT2D eigenvalue weighted by Crippen LogP contribution is 2.16. The van der Waals surface area contributed by atoms with E-state index in [2.05, 4.69) is 6.92 Å². The summed E-state index contributed by atoms with van der Waals surface area (Å²) in [6.07, 6.45) is 0. The molecule has 1 rings (SSSR count). The monoisotopic (exact) mass is 250 g/mol. The van der Waals surface area contributed by atoms with Crippen molar-refractivity contribution in [3.8, 4) is 5.75 Å². The molecule has 0 aliphatic heterocycles. The zero-order valence-corrected chi connectivity index (χ0v) is 11.6. The molecule has 0 radical (unpaired) electrons. The average molecular weight is 250 g/mol. The molecule has 0 aliphatic rings. The van der Waals surface area contributed by atoms with Crippen molar-refractivity contribution >= 4 is 5.91 Å². The lowest BCUT2D eigenvalue weighted by Gasteiger charge is -2.19. The van der Waals surface area contributed by atoms with Gasteiger partial charge in [0.05, 0.1) is 12.6 Å². The minimum atomic E-state index is -0.461. The number of hydrogen-bond acceptors (Lipinski definition) is 3. The van der Waals surface area contributed by atoms with E-state index in [-0.39, 0.29) is 5.91 Å². The fourth-order valence-electron chi connectivity index (χ4n) is 1.56. The first kappa shape index (κ1) is 14.5. The van der Waals surface area contributed by atoms with E-state index < -0.39 is 6.04 Å². The molecule has 0 saturated carbocycles. The van der Waals surface area contributed by atoms with Crippen LogP contribution < -0.4 is 10.5 Å². The number of likely N-dealkylation sites (N-methyl/N-ethyl adjacent to an activating group) is 1. The number of aryl methyl sites for hydroxylation is 2. The highest BCUT2D eigenvalue weighted by atomic mass is 16.5. The van der Waals surface area contributed by atoms with E-state index in [0.29, 0.717) is 13.2 Å². The van der Waals surface area contributed by atoms with E-state index in [1.165, 1.54) is 11.1 Å². The fraction of sp³-hybridized carbons (Fsp3) is 0.500. The minimum Gasteiger partial charge on any atom is -0.492 e. The molecule has 1 atom stereocenters. The largest absolute Gasteiger partial charge is 0.492 e. The summed E-state index contributed by atoms with van der Waals surface area (Å²) in [6, 6.07) is 5.51. The van der Waals surface area contributed by atoms with Crippen LogP contribution in [-0.4, -0.2) is 37.0 Å². The molecule has 0 aliphatic carbocycles. The van der Waals surface area contributed by atoms with Gasteiger partial charge in [-0.1, -0.05) is 6.07 Å². The molecule has 4 heteroatoms. The molecular formula is C14H22N2O2. The van der Waals surface area contributed by atoms with Gasteiger partial charge in [-0.2, -0.15) is 0 Å². The van der Waals surface area contributed by atoms with Gasteiger partial charge in [-0.15, -0.1) is 0 Å². The summed E-state index contributed by atoms with van der Waals surface area (Å²) in [5.41, 5.74) is 7.97. The topological polar surface area (TPSA) is 55.6 Å². The third-order valence-electron chi connectivity index (χ3n) is 2.94. The molecule has 2 N–H and O–H groups in total. The normalized spacial score (nSPS) is 12.1. The van der Waals surface area contributed by atoms with E-state index >= 15 is 0 Å². The van der Waals surface area contributed by atoms with Crippen molar-refractivity contribution < 1.29 is 9.53 Å². The van der Waals surface area contributed by atoms with Crippen molar-refractivity contribution in [2.75, 3.05) is 20.2 Å². The number of amides is 1. The predicted octanol–water partition coefficient (Wildman–Crippen LogP) is 1.49. The van der Waals surface area contributed by atoms with Crippen molar-refractivity contribution in [2.45, 2.75) is 26.8 Å². The molecule has 4 nitrogen and oxygen atoms in total. The average Bonchev–Trinajstić information content (AvgIpc) is 2.32. The molecule has 1 aromatic carbocycles. The van der Waals surface area contributed by atoms with Gasteiger partial charge in [0.1, 0.15) is 12.4 Å². The van der Waals surface area contributed by atoms with Gasteiger partial charge in [0, 0.05) is 7.05 Å². The van der Waals surface area contributed by atoms with Crippen molar-refractivity contribution in [2.24, 2.45) is 5.73 Å². The van der Waals surface area contributed by atoms with Gasteiger partial charge >= 0.3 is 0 Å². The van der Waals surface area contributed by atoms with Crippen molar-refractivity contribution in [3.63, 3.8) is 0 Å². The highest BCUT2D eigenvalue weighted by molar-refractivity contribution is 5.80. The highest BCUT2D eigenvalue weighted by Gasteiger charge is 2.12. The minimum absolute atomic E-state index is 0.0707. The molecule has 0 spiro atoms. The lowest BCUT2D eigenvalue weighted by molar-refractivity contribution is -0.131. The van der Waals surface area contributed by atoms with Crippen LogP contribution in [0.2, 0.25) is 0 Å². The first-order valence-corrected chi connectivity index (χ1v) is 6.12. The number of nitrogens with two attached hydrogens (primary N) is 1. The van der Waals surface area contributed by atoms with Crippen LogP contribution in [0.25, 0.3) is 0 Å². The van der Waals surface area contributed by atoms with Crippen LogP contribution in [0, 0.1) is 13.8 Å². The Morgan fingerprint density at radius 1 is 1.39 bits per heavy atom. The molecule has 0 heterocycles. The number of carbonyl (C=O) groups is 1. The number of benzene rings is 1. The summed E-state index contributed by atoms with van der Waals surface area (Å²) in [4.78, 5) is 13.1. The number of ether oxygens (including phenoxy) is 1. The molecular weight excluding hydrogens is 228 g/mol. The number of hydrogen-bond donors (Lipinski definition) is 1. The number of nitrogens with zero attached hydrogens (tertiary/aromatic N) is 1. The lowest BCUT2D eigenvalue weighted by atomic mass is 10.1. The molecule has 1 aromatic rings. The maximum atomic E-state index is 11.5. The second-order valence-corrected chi connectivity index (χ2v) is 4.64. The first-order valence-electron chi connectivity index (χ1n) is 6.12. The SMILES string of the molecule is Cc1ccc(OCCN(C)C(=O)C(C)N)cc1C. The maximum Gasteiger partial charge on any atom is 0.239 e. The molecule has 18 heavy (non-hydrogen) atoms. The quantitative estimate of drug-likeness (QED) is 0.861.